The van der Waals surface area contributed by atoms with Gasteiger partial charge >= 0.3 is 0 Å². The number of hydrogen-bond acceptors (Lipinski definition) is 5. The number of carboxylic acids is 1. The predicted octanol–water partition coefficient (Wildman–Crippen LogP) is 1.41. The van der Waals surface area contributed by atoms with E-state index in [-0.39, 0.29) is 0 Å². The highest BCUT2D eigenvalue weighted by atomic mass is 16.5. The highest BCUT2D eigenvalue weighted by Gasteiger charge is 2.22. The Morgan fingerprint density at radius 3 is 2.52 bits per heavy atom. The molecule has 0 aliphatic carbocycles. The Hall–Kier alpha value is -2.04. The van der Waals surface area contributed by atoms with Crippen LogP contribution in [0.2, 0.25) is 0 Å². The summed E-state index contributed by atoms with van der Waals surface area (Å²) in [4.78, 5) is 10.3. The molecule has 2 rings (SSSR count). The Kier molecular flexibility index (Phi) is 5.20. The van der Waals surface area contributed by atoms with Crippen LogP contribution in [0.15, 0.2) is 29.4 Å². The van der Waals surface area contributed by atoms with E-state index < -0.39 is 12.6 Å². The van der Waals surface area contributed by atoms with Gasteiger partial charge in [-0.3, -0.25) is 5.01 Å². The number of carbonyl (C=O) groups is 1. The molecule has 1 fully saturated rings. The summed E-state index contributed by atoms with van der Waals surface area (Å²) in [7, 11) is 0. The third-order valence-corrected chi connectivity index (χ3v) is 3.72. The van der Waals surface area contributed by atoms with E-state index in [0.29, 0.717) is 17.8 Å². The van der Waals surface area contributed by atoms with Gasteiger partial charge < -0.3 is 14.6 Å². The van der Waals surface area contributed by atoms with Crippen LogP contribution in [0.4, 0.5) is 0 Å². The molecule has 0 radical (unpaired) electrons. The lowest BCUT2D eigenvalue weighted by Crippen LogP contribution is -2.39. The van der Waals surface area contributed by atoms with E-state index in [1.807, 2.05) is 18.3 Å². The molecular formula is C16H21N2O3-. The zero-order valence-corrected chi connectivity index (χ0v) is 12.5. The number of ether oxygens (including phenoxy) is 1. The molecule has 114 valence electrons. The number of aliphatic carboxylic acids is 1. The lowest BCUT2D eigenvalue weighted by atomic mass is 10.00. The van der Waals surface area contributed by atoms with Gasteiger partial charge in [-0.25, -0.2) is 0 Å². The summed E-state index contributed by atoms with van der Waals surface area (Å²) in [5.74, 6) is -0.718. The minimum absolute atomic E-state index is 0.434. The fourth-order valence-electron chi connectivity index (χ4n) is 2.56. The van der Waals surface area contributed by atoms with Crippen molar-refractivity contribution < 1.29 is 14.6 Å². The lowest BCUT2D eigenvalue weighted by molar-refractivity contribution is -0.307. The van der Waals surface area contributed by atoms with Crippen molar-refractivity contribution in [3.05, 3.63) is 29.8 Å². The smallest absolute Gasteiger partial charge is 0.128 e. The third-order valence-electron chi connectivity index (χ3n) is 3.72. The largest absolute Gasteiger partial charge is 0.546 e. The normalized spacial score (nSPS) is 22.5. The van der Waals surface area contributed by atoms with E-state index in [9.17, 15) is 9.90 Å². The molecule has 21 heavy (non-hydrogen) atoms. The number of carboxylic acid groups (broad SMARTS) is 1. The topological polar surface area (TPSA) is 65.0 Å². The quantitative estimate of drug-likeness (QED) is 0.769. The number of rotatable bonds is 5. The van der Waals surface area contributed by atoms with Gasteiger partial charge in [0.2, 0.25) is 0 Å². The van der Waals surface area contributed by atoms with Gasteiger partial charge in [-0.15, -0.1) is 0 Å². The molecule has 0 N–H and O–H groups in total. The Bertz CT molecular complexity index is 489. The van der Waals surface area contributed by atoms with Gasteiger partial charge in [0, 0.05) is 12.1 Å². The van der Waals surface area contributed by atoms with Crippen molar-refractivity contribution in [2.75, 3.05) is 6.61 Å². The van der Waals surface area contributed by atoms with Gasteiger partial charge in [0.1, 0.15) is 12.4 Å². The van der Waals surface area contributed by atoms with Crippen molar-refractivity contribution in [1.29, 1.82) is 0 Å². The minimum Gasteiger partial charge on any atom is -0.546 e. The van der Waals surface area contributed by atoms with E-state index >= 15 is 0 Å². The summed E-state index contributed by atoms with van der Waals surface area (Å²) in [6, 6.07) is 8.10. The SMILES string of the molecule is C[C@H]1CCC[C@H](C)N1/N=C\c1ccc(OCC(=O)[O-])cc1. The first kappa shape index (κ1) is 15.4. The van der Waals surface area contributed by atoms with Crippen LogP contribution < -0.4 is 9.84 Å². The van der Waals surface area contributed by atoms with Gasteiger partial charge in [-0.2, -0.15) is 5.10 Å². The van der Waals surface area contributed by atoms with Gasteiger partial charge in [0.25, 0.3) is 0 Å². The molecule has 1 aromatic carbocycles. The molecule has 1 aliphatic rings. The Morgan fingerprint density at radius 2 is 1.95 bits per heavy atom. The Morgan fingerprint density at radius 1 is 1.33 bits per heavy atom. The van der Waals surface area contributed by atoms with Crippen molar-refractivity contribution in [3.63, 3.8) is 0 Å². The second kappa shape index (κ2) is 7.11. The number of piperidine rings is 1. The third kappa shape index (κ3) is 4.48. The molecule has 0 saturated carbocycles. The summed E-state index contributed by atoms with van der Waals surface area (Å²) < 4.78 is 5.03. The van der Waals surface area contributed by atoms with Gasteiger partial charge in [-0.1, -0.05) is 0 Å². The summed E-state index contributed by atoms with van der Waals surface area (Å²) in [6.45, 7) is 3.96. The molecule has 0 aromatic heterocycles. The first-order valence-corrected chi connectivity index (χ1v) is 7.31. The van der Waals surface area contributed by atoms with Crippen LogP contribution in [-0.4, -0.2) is 35.9 Å². The molecule has 0 amide bonds. The number of carbonyl (C=O) groups excluding carboxylic acids is 1. The first-order valence-electron chi connectivity index (χ1n) is 7.31. The van der Waals surface area contributed by atoms with Gasteiger partial charge in [0.15, 0.2) is 0 Å². The molecule has 1 heterocycles. The zero-order valence-electron chi connectivity index (χ0n) is 12.5. The van der Waals surface area contributed by atoms with Crippen LogP contribution in [0.25, 0.3) is 0 Å². The van der Waals surface area contributed by atoms with E-state index in [4.69, 9.17) is 4.74 Å². The second-order valence-electron chi connectivity index (χ2n) is 5.48. The first-order chi connectivity index (χ1) is 10.1. The van der Waals surface area contributed by atoms with Crippen LogP contribution in [0.5, 0.6) is 5.75 Å². The van der Waals surface area contributed by atoms with Crippen molar-refractivity contribution >= 4 is 12.2 Å². The molecule has 1 aromatic rings. The molecule has 5 heteroatoms. The highest BCUT2D eigenvalue weighted by Crippen LogP contribution is 2.22. The monoisotopic (exact) mass is 289 g/mol. The summed E-state index contributed by atoms with van der Waals surface area (Å²) in [6.07, 6.45) is 5.45. The maximum absolute atomic E-state index is 10.3. The number of hydrazone groups is 1. The molecule has 5 nitrogen and oxygen atoms in total. The number of benzene rings is 1. The van der Waals surface area contributed by atoms with Gasteiger partial charge in [0.05, 0.1) is 12.2 Å². The number of hydrogen-bond donors (Lipinski definition) is 0. The molecule has 2 atom stereocenters. The average molecular weight is 289 g/mol. The minimum atomic E-state index is -1.23. The Balaban J connectivity index is 1.95. The molecule has 0 spiro atoms. The second-order valence-corrected chi connectivity index (χ2v) is 5.48. The number of nitrogens with zero attached hydrogens (tertiary/aromatic N) is 2. The molecule has 0 unspecified atom stereocenters. The summed E-state index contributed by atoms with van der Waals surface area (Å²) in [5, 5.41) is 17.1. The highest BCUT2D eigenvalue weighted by molar-refractivity contribution is 5.79. The standard InChI is InChI=1S/C16H22N2O3/c1-12-4-3-5-13(2)18(12)17-10-14-6-8-15(9-7-14)21-11-16(19)20/h6-10,12-13H,3-5,11H2,1-2H3,(H,19,20)/p-1/b17-10-/t12-,13-/m0/s1. The van der Waals surface area contributed by atoms with E-state index in [0.717, 1.165) is 5.56 Å². The predicted molar refractivity (Wildman–Crippen MR) is 79.2 cm³/mol. The Labute approximate surface area is 125 Å². The lowest BCUT2D eigenvalue weighted by Gasteiger charge is -2.36. The van der Waals surface area contributed by atoms with Crippen LogP contribution in [0.3, 0.4) is 0 Å². The summed E-state index contributed by atoms with van der Waals surface area (Å²) >= 11 is 0. The van der Waals surface area contributed by atoms with Crippen LogP contribution in [0, 0.1) is 0 Å². The fraction of sp³-hybridized carbons (Fsp3) is 0.500. The van der Waals surface area contributed by atoms with Gasteiger partial charge in [-0.05, 0) is 62.9 Å². The van der Waals surface area contributed by atoms with Crippen molar-refractivity contribution in [3.8, 4) is 5.75 Å². The average Bonchev–Trinajstić information content (AvgIpc) is 2.46. The van der Waals surface area contributed by atoms with Crippen molar-refractivity contribution in [1.82, 2.24) is 5.01 Å². The van der Waals surface area contributed by atoms with E-state index in [2.05, 4.69) is 24.0 Å². The summed E-state index contributed by atoms with van der Waals surface area (Å²) in [5.41, 5.74) is 0.959. The maximum Gasteiger partial charge on any atom is 0.128 e. The van der Waals surface area contributed by atoms with Crippen LogP contribution in [0.1, 0.15) is 38.7 Å². The molecule has 0 bridgehead atoms. The van der Waals surface area contributed by atoms with Crippen molar-refractivity contribution in [2.45, 2.75) is 45.2 Å². The zero-order chi connectivity index (χ0) is 15.2. The van der Waals surface area contributed by atoms with Crippen LogP contribution in [-0.2, 0) is 4.79 Å². The molecule has 1 aliphatic heterocycles. The van der Waals surface area contributed by atoms with E-state index in [1.165, 1.54) is 19.3 Å². The van der Waals surface area contributed by atoms with Crippen molar-refractivity contribution in [2.24, 2.45) is 5.10 Å². The van der Waals surface area contributed by atoms with E-state index in [1.54, 1.807) is 12.1 Å². The molecule has 1 saturated heterocycles. The molecular weight excluding hydrogens is 268 g/mol. The van der Waals surface area contributed by atoms with Crippen LogP contribution >= 0.6 is 0 Å². The maximum atomic E-state index is 10.3. The fourth-order valence-corrected chi connectivity index (χ4v) is 2.56.